The Bertz CT molecular complexity index is 411. The number of aromatic nitrogens is 2. The second-order valence-electron chi connectivity index (χ2n) is 3.64. The Morgan fingerprint density at radius 3 is 2.69 bits per heavy atom. The third-order valence-corrected chi connectivity index (χ3v) is 3.73. The molecule has 1 N–H and O–H groups in total. The molecule has 6 heteroatoms. The lowest BCUT2D eigenvalue weighted by Crippen LogP contribution is -2.24. The van der Waals surface area contributed by atoms with Crippen molar-refractivity contribution in [2.75, 3.05) is 6.54 Å². The summed E-state index contributed by atoms with van der Waals surface area (Å²) < 4.78 is 27.7. The lowest BCUT2D eigenvalue weighted by Gasteiger charge is -2.03. The minimum atomic E-state index is -3.36. The Morgan fingerprint density at radius 2 is 2.12 bits per heavy atom. The van der Waals surface area contributed by atoms with Crippen LogP contribution in [0.25, 0.3) is 0 Å². The maximum atomic E-state index is 11.8. The number of aryl methyl sites for hydroxylation is 1. The standard InChI is InChI=1S/C10H19N3O2S/c1-3-5-6-7-12-16(14,15)10-8-11-13(4-2)9-10/h8-9,12H,3-7H2,1-2H3. The van der Waals surface area contributed by atoms with Gasteiger partial charge in [0.1, 0.15) is 4.90 Å². The van der Waals surface area contributed by atoms with Gasteiger partial charge >= 0.3 is 0 Å². The monoisotopic (exact) mass is 245 g/mol. The van der Waals surface area contributed by atoms with E-state index < -0.39 is 10.0 Å². The van der Waals surface area contributed by atoms with Crippen LogP contribution in [0.5, 0.6) is 0 Å². The van der Waals surface area contributed by atoms with Crippen LogP contribution in [-0.2, 0) is 16.6 Å². The molecule has 16 heavy (non-hydrogen) atoms. The summed E-state index contributed by atoms with van der Waals surface area (Å²) in [7, 11) is -3.36. The fourth-order valence-electron chi connectivity index (χ4n) is 1.32. The molecule has 0 radical (unpaired) electrons. The predicted molar refractivity (Wildman–Crippen MR) is 62.6 cm³/mol. The number of hydrogen-bond acceptors (Lipinski definition) is 3. The van der Waals surface area contributed by atoms with Crippen LogP contribution in [0.15, 0.2) is 17.3 Å². The van der Waals surface area contributed by atoms with Gasteiger partial charge in [-0.05, 0) is 13.3 Å². The molecule has 0 saturated carbocycles. The zero-order valence-corrected chi connectivity index (χ0v) is 10.6. The SMILES string of the molecule is CCCCCNS(=O)(=O)c1cnn(CC)c1. The molecule has 1 heterocycles. The molecular formula is C10H19N3O2S. The van der Waals surface area contributed by atoms with Crippen molar-refractivity contribution in [2.24, 2.45) is 0 Å². The third kappa shape index (κ3) is 3.61. The molecule has 92 valence electrons. The quantitative estimate of drug-likeness (QED) is 0.738. The topological polar surface area (TPSA) is 64.0 Å². The summed E-state index contributed by atoms with van der Waals surface area (Å²) in [6.07, 6.45) is 5.91. The van der Waals surface area contributed by atoms with E-state index in [9.17, 15) is 8.42 Å². The molecule has 1 aromatic rings. The van der Waals surface area contributed by atoms with Crippen molar-refractivity contribution in [2.45, 2.75) is 44.6 Å². The average Bonchev–Trinajstić information content (AvgIpc) is 2.73. The molecule has 0 saturated heterocycles. The van der Waals surface area contributed by atoms with Gasteiger partial charge in [0.2, 0.25) is 10.0 Å². The largest absolute Gasteiger partial charge is 0.272 e. The van der Waals surface area contributed by atoms with Crippen LogP contribution >= 0.6 is 0 Å². The van der Waals surface area contributed by atoms with Gasteiger partial charge in [-0.2, -0.15) is 5.10 Å². The second kappa shape index (κ2) is 6.00. The van der Waals surface area contributed by atoms with Crippen molar-refractivity contribution in [3.8, 4) is 0 Å². The van der Waals surface area contributed by atoms with Crippen molar-refractivity contribution in [1.82, 2.24) is 14.5 Å². The third-order valence-electron chi connectivity index (χ3n) is 2.32. The van der Waals surface area contributed by atoms with Crippen LogP contribution in [0, 0.1) is 0 Å². The highest BCUT2D eigenvalue weighted by Crippen LogP contribution is 2.06. The molecule has 0 aliphatic carbocycles. The van der Waals surface area contributed by atoms with Crippen LogP contribution in [-0.4, -0.2) is 24.7 Å². The highest BCUT2D eigenvalue weighted by atomic mass is 32.2. The summed E-state index contributed by atoms with van der Waals surface area (Å²) in [6, 6.07) is 0. The van der Waals surface area contributed by atoms with Crippen LogP contribution in [0.3, 0.4) is 0 Å². The van der Waals surface area contributed by atoms with E-state index in [1.807, 2.05) is 6.92 Å². The van der Waals surface area contributed by atoms with Gasteiger partial charge in [-0.15, -0.1) is 0 Å². The van der Waals surface area contributed by atoms with E-state index in [0.717, 1.165) is 19.3 Å². The molecule has 0 amide bonds. The van der Waals surface area contributed by atoms with E-state index in [2.05, 4.69) is 16.7 Å². The van der Waals surface area contributed by atoms with Crippen LogP contribution in [0.2, 0.25) is 0 Å². The van der Waals surface area contributed by atoms with Crippen molar-refractivity contribution in [3.05, 3.63) is 12.4 Å². The highest BCUT2D eigenvalue weighted by Gasteiger charge is 2.15. The van der Waals surface area contributed by atoms with E-state index in [1.54, 1.807) is 10.9 Å². The van der Waals surface area contributed by atoms with Gasteiger partial charge in [-0.1, -0.05) is 19.8 Å². The Kier molecular flexibility index (Phi) is 4.95. The summed E-state index contributed by atoms with van der Waals surface area (Å²) in [6.45, 7) is 5.16. The number of sulfonamides is 1. The molecule has 0 bridgehead atoms. The van der Waals surface area contributed by atoms with Gasteiger partial charge in [0, 0.05) is 19.3 Å². The van der Waals surface area contributed by atoms with Crippen molar-refractivity contribution < 1.29 is 8.42 Å². The summed E-state index contributed by atoms with van der Waals surface area (Å²) >= 11 is 0. The molecule has 1 aromatic heterocycles. The van der Waals surface area contributed by atoms with Gasteiger partial charge in [0.15, 0.2) is 0 Å². The van der Waals surface area contributed by atoms with Crippen LogP contribution in [0.1, 0.15) is 33.1 Å². The van der Waals surface area contributed by atoms with Crippen LogP contribution in [0.4, 0.5) is 0 Å². The van der Waals surface area contributed by atoms with E-state index >= 15 is 0 Å². The number of unbranched alkanes of at least 4 members (excludes halogenated alkanes) is 2. The smallest absolute Gasteiger partial charge is 0.243 e. The number of nitrogens with zero attached hydrogens (tertiary/aromatic N) is 2. The zero-order chi connectivity index (χ0) is 12.0. The molecule has 0 fully saturated rings. The van der Waals surface area contributed by atoms with E-state index in [4.69, 9.17) is 0 Å². The lowest BCUT2D eigenvalue weighted by molar-refractivity contribution is 0.575. The summed E-state index contributed by atoms with van der Waals surface area (Å²) in [5, 5.41) is 3.94. The number of rotatable bonds is 7. The normalized spacial score (nSPS) is 11.9. The van der Waals surface area contributed by atoms with Gasteiger partial charge in [0.05, 0.1) is 6.20 Å². The van der Waals surface area contributed by atoms with Crippen molar-refractivity contribution in [1.29, 1.82) is 0 Å². The first kappa shape index (κ1) is 13.2. The first-order valence-corrected chi connectivity index (χ1v) is 7.10. The van der Waals surface area contributed by atoms with Gasteiger partial charge < -0.3 is 0 Å². The molecule has 5 nitrogen and oxygen atoms in total. The minimum absolute atomic E-state index is 0.242. The Morgan fingerprint density at radius 1 is 1.38 bits per heavy atom. The van der Waals surface area contributed by atoms with Gasteiger partial charge in [-0.25, -0.2) is 13.1 Å². The van der Waals surface area contributed by atoms with Gasteiger partial charge in [-0.3, -0.25) is 4.68 Å². The van der Waals surface area contributed by atoms with E-state index in [1.165, 1.54) is 6.20 Å². The fourth-order valence-corrected chi connectivity index (χ4v) is 2.35. The molecule has 0 aromatic carbocycles. The molecule has 0 aliphatic heterocycles. The van der Waals surface area contributed by atoms with Crippen LogP contribution < -0.4 is 4.72 Å². The number of hydrogen-bond donors (Lipinski definition) is 1. The highest BCUT2D eigenvalue weighted by molar-refractivity contribution is 7.89. The molecule has 0 aliphatic rings. The second-order valence-corrected chi connectivity index (χ2v) is 5.40. The zero-order valence-electron chi connectivity index (χ0n) is 9.81. The first-order valence-electron chi connectivity index (χ1n) is 5.62. The fraction of sp³-hybridized carbons (Fsp3) is 0.700. The summed E-state index contributed by atoms with van der Waals surface area (Å²) in [5.41, 5.74) is 0. The maximum Gasteiger partial charge on any atom is 0.243 e. The summed E-state index contributed by atoms with van der Waals surface area (Å²) in [5.74, 6) is 0. The molecule has 1 rings (SSSR count). The number of nitrogens with one attached hydrogen (secondary N) is 1. The van der Waals surface area contributed by atoms with E-state index in [0.29, 0.717) is 13.1 Å². The Balaban J connectivity index is 2.56. The average molecular weight is 245 g/mol. The Hall–Kier alpha value is -0.880. The van der Waals surface area contributed by atoms with Crippen molar-refractivity contribution >= 4 is 10.0 Å². The van der Waals surface area contributed by atoms with Gasteiger partial charge in [0.25, 0.3) is 0 Å². The minimum Gasteiger partial charge on any atom is -0.272 e. The Labute approximate surface area is 96.9 Å². The first-order chi connectivity index (χ1) is 7.60. The maximum absolute atomic E-state index is 11.8. The predicted octanol–water partition coefficient (Wildman–Crippen LogP) is 1.37. The lowest BCUT2D eigenvalue weighted by atomic mass is 10.3. The molecular weight excluding hydrogens is 226 g/mol. The summed E-state index contributed by atoms with van der Waals surface area (Å²) in [4.78, 5) is 0.242. The van der Waals surface area contributed by atoms with E-state index in [-0.39, 0.29) is 4.90 Å². The molecule has 0 atom stereocenters. The molecule has 0 spiro atoms. The molecule has 0 unspecified atom stereocenters. The van der Waals surface area contributed by atoms with Crippen molar-refractivity contribution in [3.63, 3.8) is 0 Å².